The molecular weight excluding hydrogens is 414 g/mol. The third-order valence-electron chi connectivity index (χ3n) is 4.25. The standard InChI is InChI=1S/C21H23N7O2S/c1-13(29)26-21-28-17(9-6-14-4-7-16(8-5-14)27-20(22)23)18(31-21)19(30)25-12-15-3-2-10-24-11-15/h2-5,7-8,10-11H,6,9,12H2,1H3,(H,25,30)(H4,22,23,27)(H,26,28,29). The lowest BCUT2D eigenvalue weighted by Crippen LogP contribution is -2.23. The van der Waals surface area contributed by atoms with Crippen LogP contribution in [0.2, 0.25) is 0 Å². The maximum atomic E-state index is 12.8. The van der Waals surface area contributed by atoms with Gasteiger partial charge < -0.3 is 21.7 Å². The van der Waals surface area contributed by atoms with Gasteiger partial charge in [-0.05, 0) is 42.2 Å². The first-order chi connectivity index (χ1) is 14.9. The molecule has 0 aliphatic rings. The first-order valence-electron chi connectivity index (χ1n) is 9.55. The number of carbonyl (C=O) groups excluding carboxylic acids is 2. The Morgan fingerprint density at radius 1 is 1.10 bits per heavy atom. The van der Waals surface area contributed by atoms with Gasteiger partial charge in [-0.3, -0.25) is 20.0 Å². The second-order valence-corrected chi connectivity index (χ2v) is 7.75. The fourth-order valence-electron chi connectivity index (χ4n) is 2.84. The summed E-state index contributed by atoms with van der Waals surface area (Å²) < 4.78 is 0. The summed E-state index contributed by atoms with van der Waals surface area (Å²) in [6.45, 7) is 1.75. The lowest BCUT2D eigenvalue weighted by atomic mass is 10.1. The first kappa shape index (κ1) is 21.9. The van der Waals surface area contributed by atoms with E-state index in [9.17, 15) is 9.59 Å². The maximum absolute atomic E-state index is 12.8. The van der Waals surface area contributed by atoms with Gasteiger partial charge in [0.15, 0.2) is 11.1 Å². The molecule has 3 aromatic rings. The Kier molecular flexibility index (Phi) is 7.28. The van der Waals surface area contributed by atoms with Gasteiger partial charge in [0, 0.05) is 31.5 Å². The molecule has 0 spiro atoms. The number of guanidine groups is 1. The number of amides is 2. The van der Waals surface area contributed by atoms with Crippen LogP contribution >= 0.6 is 11.3 Å². The first-order valence-corrected chi connectivity index (χ1v) is 10.4. The van der Waals surface area contributed by atoms with Gasteiger partial charge in [0.1, 0.15) is 4.88 Å². The van der Waals surface area contributed by atoms with E-state index in [1.807, 2.05) is 36.4 Å². The minimum absolute atomic E-state index is 0.123. The minimum atomic E-state index is -0.242. The Labute approximate surface area is 183 Å². The normalized spacial score (nSPS) is 10.4. The van der Waals surface area contributed by atoms with Crippen molar-refractivity contribution in [2.24, 2.45) is 5.73 Å². The number of hydrogen-bond acceptors (Lipinski definition) is 6. The number of aryl methyl sites for hydroxylation is 2. The van der Waals surface area contributed by atoms with Crippen molar-refractivity contribution in [3.05, 3.63) is 70.5 Å². The van der Waals surface area contributed by atoms with Crippen LogP contribution in [0.5, 0.6) is 0 Å². The van der Waals surface area contributed by atoms with Gasteiger partial charge in [0.25, 0.3) is 5.91 Å². The average molecular weight is 438 g/mol. The maximum Gasteiger partial charge on any atom is 0.263 e. The Morgan fingerprint density at radius 2 is 1.87 bits per heavy atom. The molecule has 1 aromatic carbocycles. The topological polar surface area (TPSA) is 146 Å². The number of carbonyl (C=O) groups is 2. The van der Waals surface area contributed by atoms with Crippen LogP contribution in [0.3, 0.4) is 0 Å². The van der Waals surface area contributed by atoms with E-state index >= 15 is 0 Å². The zero-order chi connectivity index (χ0) is 22.2. The van der Waals surface area contributed by atoms with Crippen molar-refractivity contribution in [2.75, 3.05) is 10.6 Å². The minimum Gasteiger partial charge on any atom is -0.370 e. The van der Waals surface area contributed by atoms with Crippen LogP contribution in [0.25, 0.3) is 0 Å². The van der Waals surface area contributed by atoms with Gasteiger partial charge in [0.2, 0.25) is 5.91 Å². The molecule has 160 valence electrons. The lowest BCUT2D eigenvalue weighted by molar-refractivity contribution is -0.114. The number of nitrogens with one attached hydrogen (secondary N) is 4. The Morgan fingerprint density at radius 3 is 2.52 bits per heavy atom. The summed E-state index contributed by atoms with van der Waals surface area (Å²) in [7, 11) is 0. The third kappa shape index (κ3) is 6.61. The smallest absolute Gasteiger partial charge is 0.263 e. The fraction of sp³-hybridized carbons (Fsp3) is 0.190. The van der Waals surface area contributed by atoms with E-state index in [1.165, 1.54) is 6.92 Å². The highest BCUT2D eigenvalue weighted by Gasteiger charge is 2.18. The highest BCUT2D eigenvalue weighted by atomic mass is 32.1. The Bertz CT molecular complexity index is 1070. The van der Waals surface area contributed by atoms with E-state index in [-0.39, 0.29) is 17.8 Å². The molecule has 0 atom stereocenters. The van der Waals surface area contributed by atoms with Crippen molar-refractivity contribution in [2.45, 2.75) is 26.3 Å². The number of anilines is 2. The molecule has 31 heavy (non-hydrogen) atoms. The summed E-state index contributed by atoms with van der Waals surface area (Å²) in [6.07, 6.45) is 4.56. The molecule has 2 aromatic heterocycles. The fourth-order valence-corrected chi connectivity index (χ4v) is 3.82. The number of pyridine rings is 1. The predicted molar refractivity (Wildman–Crippen MR) is 121 cm³/mol. The molecule has 9 nitrogen and oxygen atoms in total. The summed E-state index contributed by atoms with van der Waals surface area (Å²) >= 11 is 1.16. The van der Waals surface area contributed by atoms with Crippen molar-refractivity contribution >= 4 is 39.9 Å². The molecule has 2 heterocycles. The second-order valence-electron chi connectivity index (χ2n) is 6.76. The molecular formula is C21H23N7O2S. The number of aromatic nitrogens is 2. The molecule has 0 bridgehead atoms. The molecule has 0 fully saturated rings. The number of rotatable bonds is 8. The van der Waals surface area contributed by atoms with Crippen LogP contribution in [-0.4, -0.2) is 27.7 Å². The Hall–Kier alpha value is -3.79. The monoisotopic (exact) mass is 437 g/mol. The highest BCUT2D eigenvalue weighted by Crippen LogP contribution is 2.25. The molecule has 0 radical (unpaired) electrons. The summed E-state index contributed by atoms with van der Waals surface area (Å²) in [5, 5.41) is 15.9. The summed E-state index contributed by atoms with van der Waals surface area (Å²) in [5.74, 6) is -0.604. The van der Waals surface area contributed by atoms with E-state index in [0.717, 1.165) is 28.2 Å². The number of thiazole rings is 1. The zero-order valence-corrected chi connectivity index (χ0v) is 17.8. The zero-order valence-electron chi connectivity index (χ0n) is 16.9. The van der Waals surface area contributed by atoms with E-state index in [0.29, 0.717) is 35.1 Å². The van der Waals surface area contributed by atoms with Crippen molar-refractivity contribution in [1.29, 1.82) is 5.41 Å². The molecule has 0 aliphatic carbocycles. The summed E-state index contributed by atoms with van der Waals surface area (Å²) in [6, 6.07) is 11.2. The number of nitrogens with zero attached hydrogens (tertiary/aromatic N) is 2. The number of benzene rings is 1. The Balaban J connectivity index is 1.70. The van der Waals surface area contributed by atoms with Gasteiger partial charge in [-0.15, -0.1) is 0 Å². The van der Waals surface area contributed by atoms with Crippen molar-refractivity contribution < 1.29 is 9.59 Å². The molecule has 10 heteroatoms. The second kappa shape index (κ2) is 10.3. The van der Waals surface area contributed by atoms with Crippen molar-refractivity contribution in [3.63, 3.8) is 0 Å². The third-order valence-corrected chi connectivity index (χ3v) is 5.26. The SMILES string of the molecule is CC(=O)Nc1nc(CCc2ccc(NC(=N)N)cc2)c(C(=O)NCc2cccnc2)s1. The average Bonchev–Trinajstić information content (AvgIpc) is 3.14. The van der Waals surface area contributed by atoms with Gasteiger partial charge in [-0.2, -0.15) is 0 Å². The van der Waals surface area contributed by atoms with Crippen LogP contribution in [0.1, 0.15) is 33.4 Å². The van der Waals surface area contributed by atoms with Gasteiger partial charge in [0.05, 0.1) is 5.69 Å². The molecule has 0 saturated carbocycles. The van der Waals surface area contributed by atoms with E-state index in [2.05, 4.69) is 25.9 Å². The van der Waals surface area contributed by atoms with Gasteiger partial charge >= 0.3 is 0 Å². The summed E-state index contributed by atoms with van der Waals surface area (Å²) in [5.41, 5.74) is 8.63. The van der Waals surface area contributed by atoms with Crippen LogP contribution in [-0.2, 0) is 24.2 Å². The molecule has 0 aliphatic heterocycles. The van der Waals surface area contributed by atoms with E-state index in [4.69, 9.17) is 11.1 Å². The molecule has 6 N–H and O–H groups in total. The van der Waals surface area contributed by atoms with Gasteiger partial charge in [-0.1, -0.05) is 29.5 Å². The van der Waals surface area contributed by atoms with Crippen LogP contribution in [0.4, 0.5) is 10.8 Å². The highest BCUT2D eigenvalue weighted by molar-refractivity contribution is 7.17. The number of hydrogen-bond donors (Lipinski definition) is 5. The lowest BCUT2D eigenvalue weighted by Gasteiger charge is -2.07. The van der Waals surface area contributed by atoms with Gasteiger partial charge in [-0.25, -0.2) is 4.98 Å². The molecule has 2 amide bonds. The van der Waals surface area contributed by atoms with E-state index in [1.54, 1.807) is 12.4 Å². The van der Waals surface area contributed by atoms with E-state index < -0.39 is 0 Å². The van der Waals surface area contributed by atoms with Crippen molar-refractivity contribution in [1.82, 2.24) is 15.3 Å². The predicted octanol–water partition coefficient (Wildman–Crippen LogP) is 2.52. The number of nitrogens with two attached hydrogens (primary N) is 1. The summed E-state index contributed by atoms with van der Waals surface area (Å²) in [4.78, 5) is 33.2. The molecule has 0 unspecified atom stereocenters. The quantitative estimate of drug-likeness (QED) is 0.270. The van der Waals surface area contributed by atoms with Crippen molar-refractivity contribution in [3.8, 4) is 0 Å². The van der Waals surface area contributed by atoms with Crippen LogP contribution in [0.15, 0.2) is 48.8 Å². The van der Waals surface area contributed by atoms with Crippen LogP contribution in [0, 0.1) is 5.41 Å². The molecule has 3 rings (SSSR count). The molecule has 0 saturated heterocycles. The van der Waals surface area contributed by atoms with Crippen LogP contribution < -0.4 is 21.7 Å². The largest absolute Gasteiger partial charge is 0.370 e.